The number of hydrogen-bond acceptors (Lipinski definition) is 9. The van der Waals surface area contributed by atoms with E-state index in [9.17, 15) is 4.57 Å². The molecule has 0 radical (unpaired) electrons. The maximum absolute atomic E-state index is 13.1. The van der Waals surface area contributed by atoms with Gasteiger partial charge < -0.3 is 30.0 Å². The number of nitrogens with zero attached hydrogens (tertiary/aromatic N) is 2. The van der Waals surface area contributed by atoms with Gasteiger partial charge in [0.05, 0.1) is 35.0 Å². The fraction of sp³-hybridized carbons (Fsp3) is 0.421. The molecule has 2 aliphatic carbocycles. The number of benzene rings is 2. The minimum atomic E-state index is -2.71. The summed E-state index contributed by atoms with van der Waals surface area (Å²) in [6.07, 6.45) is 5.98. The van der Waals surface area contributed by atoms with Gasteiger partial charge in [-0.25, -0.2) is 9.97 Å². The summed E-state index contributed by atoms with van der Waals surface area (Å²) in [7, 11) is -2.71. The van der Waals surface area contributed by atoms with Crippen molar-refractivity contribution in [3.05, 3.63) is 93.2 Å². The summed E-state index contributed by atoms with van der Waals surface area (Å²) in [5.74, 6) is 1.45. The van der Waals surface area contributed by atoms with Crippen molar-refractivity contribution in [2.45, 2.75) is 103 Å². The van der Waals surface area contributed by atoms with Crippen LogP contribution in [0.5, 0.6) is 11.5 Å². The van der Waals surface area contributed by atoms with Crippen LogP contribution in [0.4, 0.5) is 0 Å². The van der Waals surface area contributed by atoms with E-state index in [4.69, 9.17) is 63.2 Å². The summed E-state index contributed by atoms with van der Waals surface area (Å²) in [6.45, 7) is 4.62. The minimum absolute atomic E-state index is 0.0673. The van der Waals surface area contributed by atoms with Crippen molar-refractivity contribution in [3.63, 3.8) is 0 Å². The molecule has 0 saturated heterocycles. The van der Waals surface area contributed by atoms with E-state index in [0.717, 1.165) is 95.1 Å². The largest absolute Gasteiger partial charge is 0.488 e. The first-order chi connectivity index (χ1) is 24.2. The average molecular weight is 740 g/mol. The van der Waals surface area contributed by atoms with E-state index in [0.29, 0.717) is 36.0 Å². The lowest BCUT2D eigenvalue weighted by Gasteiger charge is -2.32. The molecule has 2 aliphatic rings. The van der Waals surface area contributed by atoms with Crippen molar-refractivity contribution in [1.29, 1.82) is 0 Å². The molecule has 9 nitrogen and oxygen atoms in total. The monoisotopic (exact) mass is 738 g/mol. The third-order valence-corrected chi connectivity index (χ3v) is 11.0. The molecule has 4 atom stereocenters. The molecule has 6 rings (SSSR count). The Balaban J connectivity index is 0.996. The van der Waals surface area contributed by atoms with Crippen molar-refractivity contribution in [3.8, 4) is 34.0 Å². The number of halogens is 2. The van der Waals surface area contributed by atoms with Crippen LogP contribution in [0.3, 0.4) is 0 Å². The van der Waals surface area contributed by atoms with Crippen molar-refractivity contribution < 1.29 is 23.1 Å². The summed E-state index contributed by atoms with van der Waals surface area (Å²) in [5.41, 5.74) is 18.9. The van der Waals surface area contributed by atoms with Gasteiger partial charge in [0.2, 0.25) is 0 Å². The number of rotatable bonds is 12. The normalized spacial score (nSPS) is 21.5. The predicted molar refractivity (Wildman–Crippen MR) is 199 cm³/mol. The van der Waals surface area contributed by atoms with E-state index in [1.807, 2.05) is 74.5 Å². The molecular weight excluding hydrogens is 694 g/mol. The molecule has 266 valence electrons. The summed E-state index contributed by atoms with van der Waals surface area (Å²) in [5, 5.41) is 1.29. The van der Waals surface area contributed by atoms with Gasteiger partial charge in [-0.1, -0.05) is 35.3 Å². The highest BCUT2D eigenvalue weighted by Crippen LogP contribution is 2.39. The lowest BCUT2D eigenvalue weighted by molar-refractivity contribution is 0.0346. The standard InChI is InChI=1S/C38H45Cl2N4O5P/c1-23-37(15-13-35(43-23)33-11-9-27(39)17-25(33)21-41)46-29-5-3-7-31(19-29)48-50(45)49-32-8-4-6-30(20-32)47-38-16-14-36(44-24(38)2)34-12-10-28(40)18-26(34)22-42/h9-18,29-32,50H,3-8,19-22,41-42H2,1-2H3. The molecule has 2 aromatic carbocycles. The van der Waals surface area contributed by atoms with Crippen LogP contribution in [-0.2, 0) is 26.7 Å². The van der Waals surface area contributed by atoms with Crippen molar-refractivity contribution in [2.24, 2.45) is 11.5 Å². The van der Waals surface area contributed by atoms with Crippen LogP contribution in [0.1, 0.15) is 73.9 Å². The highest BCUT2D eigenvalue weighted by molar-refractivity contribution is 7.33. The van der Waals surface area contributed by atoms with E-state index in [1.165, 1.54) is 0 Å². The van der Waals surface area contributed by atoms with Crippen molar-refractivity contribution in [1.82, 2.24) is 9.97 Å². The highest BCUT2D eigenvalue weighted by Gasteiger charge is 2.30. The Kier molecular flexibility index (Phi) is 12.5. The smallest absolute Gasteiger partial charge is 0.319 e. The summed E-state index contributed by atoms with van der Waals surface area (Å²) in [6, 6.07) is 19.1. The molecule has 50 heavy (non-hydrogen) atoms. The summed E-state index contributed by atoms with van der Waals surface area (Å²) in [4.78, 5) is 9.60. The second-order valence-electron chi connectivity index (χ2n) is 13.1. The molecule has 12 heteroatoms. The van der Waals surface area contributed by atoms with Gasteiger partial charge in [-0.05, 0) is 112 Å². The first-order valence-corrected chi connectivity index (χ1v) is 19.3. The highest BCUT2D eigenvalue weighted by atomic mass is 35.5. The molecule has 0 aliphatic heterocycles. The van der Waals surface area contributed by atoms with E-state index in [-0.39, 0.29) is 24.4 Å². The predicted octanol–water partition coefficient (Wildman–Crippen LogP) is 9.15. The molecule has 2 aromatic heterocycles. The van der Waals surface area contributed by atoms with Crippen LogP contribution in [0, 0.1) is 13.8 Å². The lowest BCUT2D eigenvalue weighted by Crippen LogP contribution is -2.31. The molecule has 0 amide bonds. The third kappa shape index (κ3) is 9.25. The molecule has 4 N–H and O–H groups in total. The Morgan fingerprint density at radius 2 is 1.08 bits per heavy atom. The molecular formula is C38H45Cl2N4O5P. The van der Waals surface area contributed by atoms with Gasteiger partial charge in [-0.2, -0.15) is 0 Å². The second-order valence-corrected chi connectivity index (χ2v) is 15.0. The Labute approximate surface area is 304 Å². The molecule has 4 aromatic rings. The lowest BCUT2D eigenvalue weighted by atomic mass is 9.95. The van der Waals surface area contributed by atoms with E-state index in [2.05, 4.69) is 0 Å². The number of aromatic nitrogens is 2. The molecule has 4 unspecified atom stereocenters. The van der Waals surface area contributed by atoms with Crippen molar-refractivity contribution in [2.75, 3.05) is 0 Å². The van der Waals surface area contributed by atoms with Gasteiger partial charge in [0, 0.05) is 47.1 Å². The Morgan fingerprint density at radius 1 is 0.660 bits per heavy atom. The molecule has 2 fully saturated rings. The first-order valence-electron chi connectivity index (χ1n) is 17.3. The number of hydrogen-bond donors (Lipinski definition) is 2. The Bertz CT molecular complexity index is 1700. The zero-order valence-electron chi connectivity index (χ0n) is 28.5. The number of ether oxygens (including phenoxy) is 2. The van der Waals surface area contributed by atoms with Gasteiger partial charge in [-0.15, -0.1) is 0 Å². The quantitative estimate of drug-likeness (QED) is 0.137. The van der Waals surface area contributed by atoms with Gasteiger partial charge in [0.1, 0.15) is 23.7 Å². The Hall–Kier alpha value is -3.01. The molecule has 2 heterocycles. The van der Waals surface area contributed by atoms with E-state index in [1.54, 1.807) is 0 Å². The first kappa shape index (κ1) is 36.8. The van der Waals surface area contributed by atoms with Crippen LogP contribution >= 0.6 is 31.5 Å². The maximum Gasteiger partial charge on any atom is 0.319 e. The van der Waals surface area contributed by atoms with Gasteiger partial charge in [0.25, 0.3) is 0 Å². The van der Waals surface area contributed by atoms with Gasteiger partial charge in [0.15, 0.2) is 0 Å². The number of nitrogens with two attached hydrogens (primary N) is 2. The zero-order chi connectivity index (χ0) is 35.2. The molecule has 0 spiro atoms. The third-order valence-electron chi connectivity index (χ3n) is 9.47. The maximum atomic E-state index is 13.1. The van der Waals surface area contributed by atoms with Crippen LogP contribution in [0.2, 0.25) is 10.0 Å². The van der Waals surface area contributed by atoms with Crippen LogP contribution < -0.4 is 20.9 Å². The van der Waals surface area contributed by atoms with Crippen LogP contribution in [0.25, 0.3) is 22.5 Å². The minimum Gasteiger partial charge on any atom is -0.488 e. The number of pyridine rings is 2. The summed E-state index contributed by atoms with van der Waals surface area (Å²) < 4.78 is 37.9. The average Bonchev–Trinajstić information content (AvgIpc) is 3.10. The fourth-order valence-electron chi connectivity index (χ4n) is 6.90. The SMILES string of the molecule is Cc1nc(-c2ccc(Cl)cc2CN)ccc1OC1CCCC(O[PH](=O)OC2CCCC(Oc3ccc(-c4ccc(Cl)cc4CN)nc3C)C2)C1. The summed E-state index contributed by atoms with van der Waals surface area (Å²) >= 11 is 12.3. The molecule has 0 bridgehead atoms. The van der Waals surface area contributed by atoms with Crippen LogP contribution in [0.15, 0.2) is 60.7 Å². The van der Waals surface area contributed by atoms with E-state index >= 15 is 0 Å². The fourth-order valence-corrected chi connectivity index (χ4v) is 8.32. The Morgan fingerprint density at radius 3 is 1.48 bits per heavy atom. The van der Waals surface area contributed by atoms with Gasteiger partial charge >= 0.3 is 8.25 Å². The number of aryl methyl sites for hydroxylation is 2. The van der Waals surface area contributed by atoms with E-state index < -0.39 is 8.25 Å². The zero-order valence-corrected chi connectivity index (χ0v) is 31.0. The van der Waals surface area contributed by atoms with Gasteiger partial charge in [-0.3, -0.25) is 4.57 Å². The van der Waals surface area contributed by atoms with Crippen LogP contribution in [-0.4, -0.2) is 34.4 Å². The second kappa shape index (κ2) is 17.0. The molecule has 2 saturated carbocycles. The van der Waals surface area contributed by atoms with Crippen molar-refractivity contribution >= 4 is 31.5 Å². The topological polar surface area (TPSA) is 132 Å².